The van der Waals surface area contributed by atoms with Gasteiger partial charge in [0.25, 0.3) is 5.91 Å². The third-order valence-corrected chi connectivity index (χ3v) is 4.29. The van der Waals surface area contributed by atoms with Gasteiger partial charge in [0.2, 0.25) is 0 Å². The molecule has 0 bridgehead atoms. The van der Waals surface area contributed by atoms with Crippen molar-refractivity contribution in [1.82, 2.24) is 14.7 Å². The number of carbonyl (C=O) groups excluding carboxylic acids is 1. The van der Waals surface area contributed by atoms with E-state index in [9.17, 15) is 4.79 Å². The van der Waals surface area contributed by atoms with Gasteiger partial charge < -0.3 is 5.32 Å². The third-order valence-electron chi connectivity index (χ3n) is 4.29. The molecular formula is C18H24N4O. The quantitative estimate of drug-likeness (QED) is 0.923. The van der Waals surface area contributed by atoms with E-state index in [1.54, 1.807) is 4.68 Å². The second-order valence-corrected chi connectivity index (χ2v) is 6.08. The summed E-state index contributed by atoms with van der Waals surface area (Å²) in [6.07, 6.45) is 2.53. The predicted molar refractivity (Wildman–Crippen MR) is 91.5 cm³/mol. The van der Waals surface area contributed by atoms with Crippen LogP contribution in [-0.4, -0.2) is 33.7 Å². The molecule has 122 valence electrons. The molecule has 1 aliphatic heterocycles. The molecule has 0 saturated carbocycles. The summed E-state index contributed by atoms with van der Waals surface area (Å²) >= 11 is 0. The lowest BCUT2D eigenvalue weighted by Crippen LogP contribution is -2.21. The second kappa shape index (κ2) is 6.96. The van der Waals surface area contributed by atoms with Gasteiger partial charge in [-0.1, -0.05) is 18.2 Å². The standard InChI is InChI=1S/C18H24N4O/c1-3-22-17(12-14(2)20-22)18(23)19-16-9-5-4-8-15(16)13-21-10-6-7-11-21/h4-5,8-9,12H,3,6-7,10-11,13H2,1-2H3,(H,19,23). The fourth-order valence-electron chi connectivity index (χ4n) is 3.12. The summed E-state index contributed by atoms with van der Waals surface area (Å²) in [6, 6.07) is 9.90. The number of carbonyl (C=O) groups is 1. The molecule has 2 heterocycles. The number of amides is 1. The number of benzene rings is 1. The maximum atomic E-state index is 12.6. The Morgan fingerprint density at radius 1 is 1.26 bits per heavy atom. The van der Waals surface area contributed by atoms with Crippen molar-refractivity contribution in [3.05, 3.63) is 47.3 Å². The van der Waals surface area contributed by atoms with Gasteiger partial charge in [-0.25, -0.2) is 0 Å². The molecule has 1 aliphatic rings. The highest BCUT2D eigenvalue weighted by Crippen LogP contribution is 2.20. The molecule has 1 aromatic carbocycles. The molecule has 2 aromatic rings. The second-order valence-electron chi connectivity index (χ2n) is 6.08. The first-order chi connectivity index (χ1) is 11.2. The van der Waals surface area contributed by atoms with Crippen molar-refractivity contribution in [2.45, 2.75) is 39.8 Å². The van der Waals surface area contributed by atoms with Crippen LogP contribution in [-0.2, 0) is 13.1 Å². The summed E-state index contributed by atoms with van der Waals surface area (Å²) in [6.45, 7) is 7.76. The minimum absolute atomic E-state index is 0.0960. The van der Waals surface area contributed by atoms with Gasteiger partial charge in [0.1, 0.15) is 5.69 Å². The molecule has 5 nitrogen and oxygen atoms in total. The predicted octanol–water partition coefficient (Wildman–Crippen LogP) is 3.06. The minimum Gasteiger partial charge on any atom is -0.320 e. The van der Waals surface area contributed by atoms with Gasteiger partial charge in [0, 0.05) is 18.8 Å². The van der Waals surface area contributed by atoms with Gasteiger partial charge >= 0.3 is 0 Å². The number of nitrogens with zero attached hydrogens (tertiary/aromatic N) is 3. The van der Waals surface area contributed by atoms with E-state index in [-0.39, 0.29) is 5.91 Å². The van der Waals surface area contributed by atoms with Crippen LogP contribution in [0.5, 0.6) is 0 Å². The molecule has 1 saturated heterocycles. The lowest BCUT2D eigenvalue weighted by molar-refractivity contribution is 0.101. The molecule has 1 fully saturated rings. The van der Waals surface area contributed by atoms with Gasteiger partial charge in [0.05, 0.1) is 5.69 Å². The Bertz CT molecular complexity index is 686. The number of anilines is 1. The molecule has 0 unspecified atom stereocenters. The highest BCUT2D eigenvalue weighted by Gasteiger charge is 2.17. The van der Waals surface area contributed by atoms with Gasteiger partial charge in [-0.05, 0) is 57.5 Å². The number of aromatic nitrogens is 2. The molecular weight excluding hydrogens is 288 g/mol. The first-order valence-corrected chi connectivity index (χ1v) is 8.33. The normalized spacial score (nSPS) is 15.0. The molecule has 0 atom stereocenters. The zero-order valence-corrected chi connectivity index (χ0v) is 13.9. The fourth-order valence-corrected chi connectivity index (χ4v) is 3.12. The Morgan fingerprint density at radius 2 is 2.00 bits per heavy atom. The molecule has 5 heteroatoms. The van der Waals surface area contributed by atoms with Gasteiger partial charge in [-0.2, -0.15) is 5.10 Å². The Morgan fingerprint density at radius 3 is 2.74 bits per heavy atom. The highest BCUT2D eigenvalue weighted by molar-refractivity contribution is 6.03. The third kappa shape index (κ3) is 3.62. The molecule has 1 amide bonds. The maximum absolute atomic E-state index is 12.6. The van der Waals surface area contributed by atoms with Crippen molar-refractivity contribution in [2.75, 3.05) is 18.4 Å². The lowest BCUT2D eigenvalue weighted by atomic mass is 10.1. The van der Waals surface area contributed by atoms with Gasteiger partial charge in [0.15, 0.2) is 0 Å². The number of nitrogens with one attached hydrogen (secondary N) is 1. The molecule has 1 aromatic heterocycles. The SMILES string of the molecule is CCn1nc(C)cc1C(=O)Nc1ccccc1CN1CCCC1. The Balaban J connectivity index is 1.77. The van der Waals surface area contributed by atoms with Crippen molar-refractivity contribution < 1.29 is 4.79 Å². The first-order valence-electron chi connectivity index (χ1n) is 8.33. The summed E-state index contributed by atoms with van der Waals surface area (Å²) in [7, 11) is 0. The number of para-hydroxylation sites is 1. The Labute approximate surface area is 137 Å². The van der Waals surface area contributed by atoms with E-state index in [4.69, 9.17) is 0 Å². The van der Waals surface area contributed by atoms with Crippen LogP contribution in [0.1, 0.15) is 41.5 Å². The number of aryl methyl sites for hydroxylation is 2. The maximum Gasteiger partial charge on any atom is 0.273 e. The molecule has 23 heavy (non-hydrogen) atoms. The monoisotopic (exact) mass is 312 g/mol. The molecule has 0 radical (unpaired) electrons. The van der Waals surface area contributed by atoms with Gasteiger partial charge in [-0.15, -0.1) is 0 Å². The van der Waals surface area contributed by atoms with Crippen LogP contribution in [0.2, 0.25) is 0 Å². The van der Waals surface area contributed by atoms with Crippen LogP contribution in [0.25, 0.3) is 0 Å². The average Bonchev–Trinajstić information content (AvgIpc) is 3.18. The first kappa shape index (κ1) is 15.7. The summed E-state index contributed by atoms with van der Waals surface area (Å²) in [4.78, 5) is 15.0. The van der Waals surface area contributed by atoms with Crippen LogP contribution >= 0.6 is 0 Å². The van der Waals surface area contributed by atoms with Gasteiger partial charge in [-0.3, -0.25) is 14.4 Å². The molecule has 3 rings (SSSR count). The van der Waals surface area contributed by atoms with E-state index in [0.717, 1.165) is 31.0 Å². The Kier molecular flexibility index (Phi) is 4.76. The van der Waals surface area contributed by atoms with Crippen molar-refractivity contribution in [2.24, 2.45) is 0 Å². The van der Waals surface area contributed by atoms with Crippen LogP contribution in [0.4, 0.5) is 5.69 Å². The van der Waals surface area contributed by atoms with E-state index in [1.165, 1.54) is 18.4 Å². The Hall–Kier alpha value is -2.14. The lowest BCUT2D eigenvalue weighted by Gasteiger charge is -2.18. The molecule has 1 N–H and O–H groups in total. The van der Waals surface area contributed by atoms with E-state index in [1.807, 2.05) is 38.1 Å². The zero-order chi connectivity index (χ0) is 16.2. The fraction of sp³-hybridized carbons (Fsp3) is 0.444. The number of hydrogen-bond donors (Lipinski definition) is 1. The van der Waals surface area contributed by atoms with Crippen molar-refractivity contribution in [3.63, 3.8) is 0 Å². The zero-order valence-electron chi connectivity index (χ0n) is 13.9. The van der Waals surface area contributed by atoms with E-state index in [2.05, 4.69) is 21.4 Å². The average molecular weight is 312 g/mol. The highest BCUT2D eigenvalue weighted by atomic mass is 16.2. The number of hydrogen-bond acceptors (Lipinski definition) is 3. The minimum atomic E-state index is -0.0960. The topological polar surface area (TPSA) is 50.2 Å². The van der Waals surface area contributed by atoms with Crippen LogP contribution in [0.15, 0.2) is 30.3 Å². The van der Waals surface area contributed by atoms with Crippen molar-refractivity contribution in [1.29, 1.82) is 0 Å². The van der Waals surface area contributed by atoms with Crippen molar-refractivity contribution in [3.8, 4) is 0 Å². The van der Waals surface area contributed by atoms with E-state index < -0.39 is 0 Å². The number of rotatable bonds is 5. The number of likely N-dealkylation sites (tertiary alicyclic amines) is 1. The van der Waals surface area contributed by atoms with Crippen LogP contribution in [0, 0.1) is 6.92 Å². The van der Waals surface area contributed by atoms with E-state index in [0.29, 0.717) is 12.2 Å². The van der Waals surface area contributed by atoms with Crippen LogP contribution in [0.3, 0.4) is 0 Å². The molecule has 0 spiro atoms. The largest absolute Gasteiger partial charge is 0.320 e. The summed E-state index contributed by atoms with van der Waals surface area (Å²) in [5.74, 6) is -0.0960. The summed E-state index contributed by atoms with van der Waals surface area (Å²) in [5, 5.41) is 7.41. The van der Waals surface area contributed by atoms with Crippen LogP contribution < -0.4 is 5.32 Å². The van der Waals surface area contributed by atoms with Crippen molar-refractivity contribution >= 4 is 11.6 Å². The van der Waals surface area contributed by atoms with E-state index >= 15 is 0 Å². The molecule has 0 aliphatic carbocycles. The summed E-state index contributed by atoms with van der Waals surface area (Å²) in [5.41, 5.74) is 3.54. The smallest absolute Gasteiger partial charge is 0.273 e. The summed E-state index contributed by atoms with van der Waals surface area (Å²) < 4.78 is 1.74.